The number of para-hydroxylation sites is 1. The third kappa shape index (κ3) is 3.73. The van der Waals surface area contributed by atoms with Crippen LogP contribution in [-0.4, -0.2) is 32.8 Å². The van der Waals surface area contributed by atoms with Gasteiger partial charge in [-0.1, -0.05) is 6.07 Å². The van der Waals surface area contributed by atoms with Crippen molar-refractivity contribution in [1.29, 1.82) is 5.26 Å². The Morgan fingerprint density at radius 2 is 2.33 bits per heavy atom. The summed E-state index contributed by atoms with van der Waals surface area (Å²) in [7, 11) is 1.47. The summed E-state index contributed by atoms with van der Waals surface area (Å²) in [6.07, 6.45) is 0. The van der Waals surface area contributed by atoms with Crippen LogP contribution in [0.2, 0.25) is 0 Å². The maximum absolute atomic E-state index is 11.6. The number of hydrogen-bond donors (Lipinski definition) is 2. The Hall–Kier alpha value is -2.10. The summed E-state index contributed by atoms with van der Waals surface area (Å²) in [6, 6.07) is 6.93. The molecule has 6 nitrogen and oxygen atoms in total. The smallest absolute Gasteiger partial charge is 0.250 e. The number of rotatable bonds is 6. The topological polar surface area (TPSA) is 97.4 Å². The van der Waals surface area contributed by atoms with Crippen molar-refractivity contribution < 1.29 is 14.3 Å². The van der Waals surface area contributed by atoms with Crippen molar-refractivity contribution in [1.82, 2.24) is 0 Å². The summed E-state index contributed by atoms with van der Waals surface area (Å²) in [4.78, 5) is 11.6. The molecule has 0 radical (unpaired) electrons. The number of nitrogens with one attached hydrogen (secondary N) is 1. The first kappa shape index (κ1) is 14.0. The van der Waals surface area contributed by atoms with E-state index in [0.29, 0.717) is 30.2 Å². The number of methoxy groups -OCH3 is 1. The van der Waals surface area contributed by atoms with Crippen LogP contribution in [0.25, 0.3) is 0 Å². The minimum absolute atomic E-state index is 0.111. The minimum Gasteiger partial charge on any atom is -0.495 e. The molecule has 1 amide bonds. The SMILES string of the molecule is COc1cccc(C#N)c1NC(=O)COCCN. The monoisotopic (exact) mass is 249 g/mol. The molecule has 0 saturated heterocycles. The molecule has 0 saturated carbocycles. The van der Waals surface area contributed by atoms with Gasteiger partial charge in [-0.25, -0.2) is 0 Å². The Balaban J connectivity index is 2.77. The molecule has 0 heterocycles. The van der Waals surface area contributed by atoms with E-state index < -0.39 is 0 Å². The summed E-state index contributed by atoms with van der Waals surface area (Å²) >= 11 is 0. The summed E-state index contributed by atoms with van der Waals surface area (Å²) < 4.78 is 10.1. The molecule has 1 aromatic rings. The van der Waals surface area contributed by atoms with E-state index in [0.717, 1.165) is 0 Å². The third-order valence-corrected chi connectivity index (χ3v) is 2.13. The van der Waals surface area contributed by atoms with Crippen molar-refractivity contribution >= 4 is 11.6 Å². The number of hydrogen-bond acceptors (Lipinski definition) is 5. The van der Waals surface area contributed by atoms with Gasteiger partial charge in [0.05, 0.1) is 19.3 Å². The van der Waals surface area contributed by atoms with Crippen LogP contribution in [0.3, 0.4) is 0 Å². The maximum Gasteiger partial charge on any atom is 0.250 e. The third-order valence-electron chi connectivity index (χ3n) is 2.13. The largest absolute Gasteiger partial charge is 0.495 e. The lowest BCUT2D eigenvalue weighted by molar-refractivity contribution is -0.120. The van der Waals surface area contributed by atoms with E-state index in [1.54, 1.807) is 18.2 Å². The molecule has 96 valence electrons. The first-order chi connectivity index (χ1) is 8.72. The fraction of sp³-hybridized carbons (Fsp3) is 0.333. The number of amides is 1. The Morgan fingerprint density at radius 1 is 1.56 bits per heavy atom. The molecule has 6 heteroatoms. The van der Waals surface area contributed by atoms with Gasteiger partial charge in [0, 0.05) is 6.54 Å². The molecular weight excluding hydrogens is 234 g/mol. The fourth-order valence-corrected chi connectivity index (χ4v) is 1.35. The van der Waals surface area contributed by atoms with Crippen LogP contribution >= 0.6 is 0 Å². The molecule has 0 spiro atoms. The number of nitrogens with two attached hydrogens (primary N) is 1. The number of carbonyl (C=O) groups is 1. The van der Waals surface area contributed by atoms with E-state index >= 15 is 0 Å². The molecule has 0 bridgehead atoms. The summed E-state index contributed by atoms with van der Waals surface area (Å²) in [6.45, 7) is 0.552. The van der Waals surface area contributed by atoms with Crippen molar-refractivity contribution in [3.05, 3.63) is 23.8 Å². The number of carbonyl (C=O) groups excluding carboxylic acids is 1. The lowest BCUT2D eigenvalue weighted by atomic mass is 10.2. The Kier molecular flexibility index (Phi) is 5.64. The van der Waals surface area contributed by atoms with Crippen LogP contribution in [0.4, 0.5) is 5.69 Å². The predicted molar refractivity (Wildman–Crippen MR) is 66.2 cm³/mol. The van der Waals surface area contributed by atoms with Crippen LogP contribution in [0.1, 0.15) is 5.56 Å². The van der Waals surface area contributed by atoms with Gasteiger partial charge in [-0.05, 0) is 12.1 Å². The summed E-state index contributed by atoms with van der Waals surface area (Å²) in [5, 5.41) is 11.5. The number of anilines is 1. The number of benzene rings is 1. The van der Waals surface area contributed by atoms with Gasteiger partial charge < -0.3 is 20.5 Å². The highest BCUT2D eigenvalue weighted by Crippen LogP contribution is 2.27. The zero-order valence-corrected chi connectivity index (χ0v) is 10.1. The predicted octanol–water partition coefficient (Wildman–Crippen LogP) is 0.481. The first-order valence-electron chi connectivity index (χ1n) is 5.37. The molecule has 0 unspecified atom stereocenters. The molecular formula is C12H15N3O3. The van der Waals surface area contributed by atoms with E-state index in [1.165, 1.54) is 7.11 Å². The van der Waals surface area contributed by atoms with Crippen molar-refractivity contribution in [3.8, 4) is 11.8 Å². The highest BCUT2D eigenvalue weighted by Gasteiger charge is 2.12. The lowest BCUT2D eigenvalue weighted by Crippen LogP contribution is -2.21. The highest BCUT2D eigenvalue weighted by molar-refractivity contribution is 5.94. The Morgan fingerprint density at radius 3 is 2.94 bits per heavy atom. The quantitative estimate of drug-likeness (QED) is 0.715. The van der Waals surface area contributed by atoms with Crippen LogP contribution in [0.15, 0.2) is 18.2 Å². The zero-order valence-electron chi connectivity index (χ0n) is 10.1. The lowest BCUT2D eigenvalue weighted by Gasteiger charge is -2.11. The van der Waals surface area contributed by atoms with Crippen molar-refractivity contribution in [2.24, 2.45) is 5.73 Å². The summed E-state index contributed by atoms with van der Waals surface area (Å²) in [5.41, 5.74) is 5.92. The van der Waals surface area contributed by atoms with Crippen LogP contribution in [0, 0.1) is 11.3 Å². The standard InChI is InChI=1S/C12H15N3O3/c1-17-10-4-2-3-9(7-14)12(10)15-11(16)8-18-6-5-13/h2-4H,5-6,8,13H2,1H3,(H,15,16). The van der Waals surface area contributed by atoms with Gasteiger partial charge in [0.15, 0.2) is 0 Å². The van der Waals surface area contributed by atoms with Gasteiger partial charge in [-0.15, -0.1) is 0 Å². The first-order valence-corrected chi connectivity index (χ1v) is 5.37. The van der Waals surface area contributed by atoms with Crippen LogP contribution < -0.4 is 15.8 Å². The normalized spacial score (nSPS) is 9.61. The van der Waals surface area contributed by atoms with Gasteiger partial charge in [0.1, 0.15) is 24.1 Å². The maximum atomic E-state index is 11.6. The van der Waals surface area contributed by atoms with Gasteiger partial charge in [-0.3, -0.25) is 4.79 Å². The van der Waals surface area contributed by atoms with E-state index in [-0.39, 0.29) is 12.5 Å². The molecule has 0 aliphatic carbocycles. The van der Waals surface area contributed by atoms with Gasteiger partial charge in [0.2, 0.25) is 0 Å². The van der Waals surface area contributed by atoms with Crippen molar-refractivity contribution in [2.75, 3.05) is 32.2 Å². The molecule has 0 atom stereocenters. The van der Waals surface area contributed by atoms with Gasteiger partial charge in [-0.2, -0.15) is 5.26 Å². The van der Waals surface area contributed by atoms with Crippen LogP contribution in [0.5, 0.6) is 5.75 Å². The number of nitrogens with zero attached hydrogens (tertiary/aromatic N) is 1. The molecule has 0 aliphatic heterocycles. The van der Waals surface area contributed by atoms with Crippen molar-refractivity contribution in [3.63, 3.8) is 0 Å². The van der Waals surface area contributed by atoms with E-state index in [2.05, 4.69) is 5.32 Å². The molecule has 1 rings (SSSR count). The molecule has 0 aliphatic rings. The second-order valence-electron chi connectivity index (χ2n) is 3.38. The number of nitriles is 1. The second-order valence-corrected chi connectivity index (χ2v) is 3.38. The number of ether oxygens (including phenoxy) is 2. The Bertz CT molecular complexity index is 454. The minimum atomic E-state index is -0.357. The highest BCUT2D eigenvalue weighted by atomic mass is 16.5. The Labute approximate surface area is 105 Å². The second kappa shape index (κ2) is 7.27. The molecule has 3 N–H and O–H groups in total. The average Bonchev–Trinajstić information content (AvgIpc) is 2.39. The average molecular weight is 249 g/mol. The van der Waals surface area contributed by atoms with E-state index in [1.807, 2.05) is 6.07 Å². The molecule has 18 heavy (non-hydrogen) atoms. The van der Waals surface area contributed by atoms with Gasteiger partial charge >= 0.3 is 0 Å². The fourth-order valence-electron chi connectivity index (χ4n) is 1.35. The van der Waals surface area contributed by atoms with E-state index in [4.69, 9.17) is 20.5 Å². The van der Waals surface area contributed by atoms with Gasteiger partial charge in [0.25, 0.3) is 5.91 Å². The van der Waals surface area contributed by atoms with Crippen molar-refractivity contribution in [2.45, 2.75) is 0 Å². The molecule has 0 aromatic heterocycles. The summed E-state index contributed by atoms with van der Waals surface area (Å²) in [5.74, 6) is 0.0747. The molecule has 0 fully saturated rings. The van der Waals surface area contributed by atoms with Crippen LogP contribution in [-0.2, 0) is 9.53 Å². The van der Waals surface area contributed by atoms with E-state index in [9.17, 15) is 4.79 Å². The molecule has 1 aromatic carbocycles. The zero-order chi connectivity index (χ0) is 13.4.